The van der Waals surface area contributed by atoms with Crippen LogP contribution in [0.2, 0.25) is 0 Å². The van der Waals surface area contributed by atoms with Gasteiger partial charge >= 0.3 is 0 Å². The molecule has 1 aliphatic rings. The van der Waals surface area contributed by atoms with Gasteiger partial charge in [0.2, 0.25) is 0 Å². The summed E-state index contributed by atoms with van der Waals surface area (Å²) in [5, 5.41) is 0.508. The van der Waals surface area contributed by atoms with Gasteiger partial charge < -0.3 is 19.5 Å². The second kappa shape index (κ2) is 8.59. The summed E-state index contributed by atoms with van der Waals surface area (Å²) in [5.41, 5.74) is 1.35. The lowest BCUT2D eigenvalue weighted by Crippen LogP contribution is -2.56. The van der Waals surface area contributed by atoms with Crippen LogP contribution in [0.1, 0.15) is 34.6 Å². The number of nitrogens with one attached hydrogen (secondary N) is 1. The number of aromatic amines is 1. The van der Waals surface area contributed by atoms with Crippen molar-refractivity contribution >= 4 is 28.6 Å². The van der Waals surface area contributed by atoms with Gasteiger partial charge in [-0.2, -0.15) is 0 Å². The van der Waals surface area contributed by atoms with Crippen molar-refractivity contribution in [2.75, 3.05) is 26.2 Å². The molecule has 1 aromatic carbocycles. The first-order valence-electron chi connectivity index (χ1n) is 10.3. The molecule has 31 heavy (non-hydrogen) atoms. The summed E-state index contributed by atoms with van der Waals surface area (Å²) in [6, 6.07) is 10.4. The number of ether oxygens (including phenoxy) is 1. The molecule has 0 radical (unpaired) electrons. The Bertz CT molecular complexity index is 1130. The first-order chi connectivity index (χ1) is 15.0. The predicted octanol–water partition coefficient (Wildman–Crippen LogP) is 2.52. The van der Waals surface area contributed by atoms with Crippen molar-refractivity contribution in [2.45, 2.75) is 19.9 Å². The molecule has 0 saturated carbocycles. The van der Waals surface area contributed by atoms with Crippen LogP contribution in [0.3, 0.4) is 0 Å². The van der Waals surface area contributed by atoms with Crippen molar-refractivity contribution in [3.63, 3.8) is 0 Å². The summed E-state index contributed by atoms with van der Waals surface area (Å²) in [4.78, 5) is 49.3. The molecule has 4 rings (SSSR count). The van der Waals surface area contributed by atoms with Crippen LogP contribution < -0.4 is 4.74 Å². The minimum Gasteiger partial charge on any atom is -0.493 e. The van der Waals surface area contributed by atoms with Gasteiger partial charge in [0.1, 0.15) is 11.4 Å². The normalized spacial score (nSPS) is 16.4. The number of ketones is 1. The van der Waals surface area contributed by atoms with Crippen molar-refractivity contribution < 1.29 is 19.1 Å². The maximum Gasteiger partial charge on any atom is 0.295 e. The highest BCUT2D eigenvalue weighted by Gasteiger charge is 2.34. The zero-order valence-corrected chi connectivity index (χ0v) is 17.5. The molecular formula is C23H24N4O4. The molecular weight excluding hydrogens is 396 g/mol. The molecule has 0 bridgehead atoms. The highest BCUT2D eigenvalue weighted by Crippen LogP contribution is 2.28. The Morgan fingerprint density at radius 1 is 1.16 bits per heavy atom. The van der Waals surface area contributed by atoms with E-state index in [-0.39, 0.29) is 17.5 Å². The van der Waals surface area contributed by atoms with Crippen molar-refractivity contribution in [3.05, 3.63) is 59.9 Å². The zero-order valence-electron chi connectivity index (χ0n) is 17.5. The second-order valence-electron chi connectivity index (χ2n) is 7.46. The minimum absolute atomic E-state index is 0.0741. The van der Waals surface area contributed by atoms with Crippen LogP contribution in [0.15, 0.2) is 48.8 Å². The average molecular weight is 420 g/mol. The van der Waals surface area contributed by atoms with Crippen LogP contribution in [0.25, 0.3) is 11.0 Å². The van der Waals surface area contributed by atoms with Crippen LogP contribution in [-0.2, 0) is 4.79 Å². The Hall–Kier alpha value is -3.68. The molecule has 1 aliphatic heterocycles. The van der Waals surface area contributed by atoms with Gasteiger partial charge in [-0.15, -0.1) is 0 Å². The lowest BCUT2D eigenvalue weighted by molar-refractivity contribution is -0.130. The molecule has 2 aromatic heterocycles. The van der Waals surface area contributed by atoms with E-state index in [1.807, 2.05) is 32.0 Å². The molecule has 1 N–H and O–H groups in total. The molecule has 0 aliphatic carbocycles. The summed E-state index contributed by atoms with van der Waals surface area (Å²) < 4.78 is 5.62. The summed E-state index contributed by atoms with van der Waals surface area (Å²) in [7, 11) is 0. The lowest BCUT2D eigenvalue weighted by Gasteiger charge is -2.39. The maximum absolute atomic E-state index is 13.1. The molecule has 3 aromatic rings. The lowest BCUT2D eigenvalue weighted by atomic mass is 10.1. The number of carbonyl (C=O) groups is 3. The number of fused-ring (bicyclic) bond motifs is 1. The molecule has 8 heteroatoms. The standard InChI is InChI=1S/C23H24N4O4/c1-3-31-18-9-10-24-21-19(18)17(13-25-21)20(28)23(30)27-12-11-26(14-15(27)2)22(29)16-7-5-4-6-8-16/h4-10,13,15H,3,11-12,14H2,1-2H3,(H,24,25)/t15-/m1/s1. The van der Waals surface area contributed by atoms with Crippen LogP contribution in [-0.4, -0.2) is 69.6 Å². The van der Waals surface area contributed by atoms with E-state index < -0.39 is 11.7 Å². The number of H-pyrrole nitrogens is 1. The molecule has 1 atom stereocenters. The SMILES string of the molecule is CCOc1ccnc2[nH]cc(C(=O)C(=O)N3CCN(C(=O)c4ccccc4)C[C@H]3C)c12. The number of nitrogens with zero attached hydrogens (tertiary/aromatic N) is 3. The van der Waals surface area contributed by atoms with Gasteiger partial charge in [0.15, 0.2) is 0 Å². The third kappa shape index (κ3) is 3.88. The largest absolute Gasteiger partial charge is 0.493 e. The number of piperazine rings is 1. The fourth-order valence-electron chi connectivity index (χ4n) is 3.93. The van der Waals surface area contributed by atoms with Gasteiger partial charge in [-0.1, -0.05) is 18.2 Å². The van der Waals surface area contributed by atoms with Crippen LogP contribution in [0.5, 0.6) is 5.75 Å². The number of benzene rings is 1. The van der Waals surface area contributed by atoms with Gasteiger partial charge in [0, 0.05) is 43.6 Å². The number of Topliss-reactive ketones (excluding diaryl/α,β-unsaturated/α-hetero) is 1. The van der Waals surface area contributed by atoms with Crippen molar-refractivity contribution in [3.8, 4) is 5.75 Å². The highest BCUT2D eigenvalue weighted by atomic mass is 16.5. The van der Waals surface area contributed by atoms with E-state index in [1.54, 1.807) is 29.3 Å². The molecule has 160 valence electrons. The Morgan fingerprint density at radius 3 is 2.65 bits per heavy atom. The smallest absolute Gasteiger partial charge is 0.295 e. The summed E-state index contributed by atoms with van der Waals surface area (Å²) in [6.07, 6.45) is 3.09. The number of aromatic nitrogens is 2. The van der Waals surface area contributed by atoms with Gasteiger partial charge in [-0.3, -0.25) is 14.4 Å². The zero-order chi connectivity index (χ0) is 22.0. The van der Waals surface area contributed by atoms with Gasteiger partial charge in [-0.25, -0.2) is 4.98 Å². The number of hydrogen-bond donors (Lipinski definition) is 1. The number of hydrogen-bond acceptors (Lipinski definition) is 5. The van der Waals surface area contributed by atoms with E-state index >= 15 is 0 Å². The van der Waals surface area contributed by atoms with E-state index in [1.165, 1.54) is 11.1 Å². The van der Waals surface area contributed by atoms with Crippen molar-refractivity contribution in [1.82, 2.24) is 19.8 Å². The number of amides is 2. The summed E-state index contributed by atoms with van der Waals surface area (Å²) >= 11 is 0. The third-order valence-electron chi connectivity index (χ3n) is 5.47. The number of carbonyl (C=O) groups excluding carboxylic acids is 3. The quantitative estimate of drug-likeness (QED) is 0.506. The summed E-state index contributed by atoms with van der Waals surface area (Å²) in [6.45, 7) is 5.16. The predicted molar refractivity (Wildman–Crippen MR) is 115 cm³/mol. The topological polar surface area (TPSA) is 95.6 Å². The Balaban J connectivity index is 1.51. The number of rotatable bonds is 5. The van der Waals surface area contributed by atoms with Crippen LogP contribution >= 0.6 is 0 Å². The van der Waals surface area contributed by atoms with Gasteiger partial charge in [0.25, 0.3) is 17.6 Å². The van der Waals surface area contributed by atoms with Crippen LogP contribution in [0, 0.1) is 0 Å². The van der Waals surface area contributed by atoms with Crippen LogP contribution in [0.4, 0.5) is 0 Å². The first-order valence-corrected chi connectivity index (χ1v) is 10.3. The molecule has 1 saturated heterocycles. The maximum atomic E-state index is 13.1. The van der Waals surface area contributed by atoms with E-state index in [2.05, 4.69) is 9.97 Å². The van der Waals surface area contributed by atoms with E-state index in [0.29, 0.717) is 48.6 Å². The fraction of sp³-hybridized carbons (Fsp3) is 0.304. The van der Waals surface area contributed by atoms with Gasteiger partial charge in [-0.05, 0) is 32.0 Å². The van der Waals surface area contributed by atoms with Crippen molar-refractivity contribution in [1.29, 1.82) is 0 Å². The molecule has 0 spiro atoms. The Morgan fingerprint density at radius 2 is 1.94 bits per heavy atom. The molecule has 8 nitrogen and oxygen atoms in total. The molecule has 2 amide bonds. The molecule has 1 fully saturated rings. The van der Waals surface area contributed by atoms with E-state index in [9.17, 15) is 14.4 Å². The fourth-order valence-corrected chi connectivity index (χ4v) is 3.93. The highest BCUT2D eigenvalue weighted by molar-refractivity contribution is 6.45. The Labute approximate surface area is 179 Å². The van der Waals surface area contributed by atoms with Gasteiger partial charge in [0.05, 0.1) is 17.6 Å². The first kappa shape index (κ1) is 20.6. The van der Waals surface area contributed by atoms with E-state index in [0.717, 1.165) is 0 Å². The average Bonchev–Trinajstić information content (AvgIpc) is 3.23. The Kier molecular flexibility index (Phi) is 5.70. The third-order valence-corrected chi connectivity index (χ3v) is 5.47. The number of pyridine rings is 1. The van der Waals surface area contributed by atoms with Crippen molar-refractivity contribution in [2.24, 2.45) is 0 Å². The van der Waals surface area contributed by atoms with E-state index in [4.69, 9.17) is 4.74 Å². The second-order valence-corrected chi connectivity index (χ2v) is 7.46. The summed E-state index contributed by atoms with van der Waals surface area (Å²) in [5.74, 6) is -0.771. The minimum atomic E-state index is -0.616. The molecule has 0 unspecified atom stereocenters. The monoisotopic (exact) mass is 420 g/mol. The molecule has 3 heterocycles.